The Labute approximate surface area is 404 Å². The number of aliphatic hydroxyl groups excluding tert-OH is 1. The van der Waals surface area contributed by atoms with Crippen molar-refractivity contribution in [3.8, 4) is 11.1 Å². The van der Waals surface area contributed by atoms with Crippen LogP contribution in [0.3, 0.4) is 0 Å². The van der Waals surface area contributed by atoms with Gasteiger partial charge in [-0.25, -0.2) is 0 Å². The average molecular weight is 962 g/mol. The summed E-state index contributed by atoms with van der Waals surface area (Å²) in [5.41, 5.74) is 21.1. The van der Waals surface area contributed by atoms with Crippen LogP contribution in [0.15, 0.2) is 48.5 Å². The Morgan fingerprint density at radius 1 is 0.783 bits per heavy atom. The number of nitrogens with two attached hydrogens (primary N) is 3. The van der Waals surface area contributed by atoms with E-state index in [-0.39, 0.29) is 43.2 Å². The standard InChI is InChI=1S/C48H72BN9O11/c1-6-7-10-28-12-14-29(15-13-28)30-16-18-31(19-17-30)41(63)53-24-22-37(60)54-33(11-8-9-23-50)42(64)56-39(27(2)59)44(66)57-40(51)45(67)55-34(20-21-38(61)62)43(65)58-46(52)49-68-36-26-32-25-35(47(32,3)4)48(36,5)69-49/h12-19,27,32-36,39-40,46,59H,6-11,20-26,50-52H2,1-5H3,(H,53,63)(H,54,60)(H,55,67)(H,56,64)(H,57,66)(H,58,65)(H,61,62)/t27-,32+,33+,34+,35+,36?,39+,40-,46-,48+/m1/s1. The summed E-state index contributed by atoms with van der Waals surface area (Å²) in [5.74, 6) is -5.37. The van der Waals surface area contributed by atoms with Crippen molar-refractivity contribution in [3.05, 3.63) is 59.7 Å². The van der Waals surface area contributed by atoms with Crippen molar-refractivity contribution in [1.29, 1.82) is 0 Å². The molecule has 14 N–H and O–H groups in total. The molecule has 0 radical (unpaired) electrons. The van der Waals surface area contributed by atoms with E-state index >= 15 is 0 Å². The van der Waals surface area contributed by atoms with Crippen molar-refractivity contribution in [1.82, 2.24) is 31.9 Å². The number of aliphatic hydroxyl groups is 1. The van der Waals surface area contributed by atoms with Crippen molar-refractivity contribution < 1.29 is 53.1 Å². The van der Waals surface area contributed by atoms with Gasteiger partial charge in [0.25, 0.3) is 11.8 Å². The van der Waals surface area contributed by atoms with E-state index < -0.39 is 97.0 Å². The second kappa shape index (κ2) is 24.4. The highest BCUT2D eigenvalue weighted by atomic mass is 16.7. The van der Waals surface area contributed by atoms with Gasteiger partial charge in [0.1, 0.15) is 24.2 Å². The maximum absolute atomic E-state index is 13.6. The molecule has 4 fully saturated rings. The molecule has 3 aliphatic carbocycles. The van der Waals surface area contributed by atoms with Crippen LogP contribution in [0.2, 0.25) is 0 Å². The molecule has 3 saturated carbocycles. The molecule has 6 amide bonds. The Morgan fingerprint density at radius 2 is 1.42 bits per heavy atom. The van der Waals surface area contributed by atoms with Crippen molar-refractivity contribution >= 4 is 48.5 Å². The lowest BCUT2D eigenvalue weighted by atomic mass is 9.43. The van der Waals surface area contributed by atoms with E-state index in [0.717, 1.165) is 43.2 Å². The molecule has 4 aliphatic rings. The Balaban J connectivity index is 1.11. The van der Waals surface area contributed by atoms with Gasteiger partial charge in [-0.15, -0.1) is 0 Å². The molecule has 0 spiro atoms. The quantitative estimate of drug-likeness (QED) is 0.0352. The minimum atomic E-state index is -1.84. The zero-order valence-electron chi connectivity index (χ0n) is 40.4. The van der Waals surface area contributed by atoms with E-state index in [1.165, 1.54) is 12.5 Å². The van der Waals surface area contributed by atoms with Gasteiger partial charge in [0.05, 0.1) is 17.8 Å². The van der Waals surface area contributed by atoms with Crippen LogP contribution >= 0.6 is 0 Å². The third-order valence-corrected chi connectivity index (χ3v) is 14.0. The highest BCUT2D eigenvalue weighted by Crippen LogP contribution is 2.65. The smallest absolute Gasteiger partial charge is 0.481 e. The minimum absolute atomic E-state index is 0.0460. The normalized spacial score (nSPS) is 22.5. The zero-order valence-corrected chi connectivity index (χ0v) is 40.4. The summed E-state index contributed by atoms with van der Waals surface area (Å²) in [6.07, 6.45) is 1.42. The van der Waals surface area contributed by atoms with E-state index in [4.69, 9.17) is 26.5 Å². The topological polar surface area (TPSA) is 329 Å². The summed E-state index contributed by atoms with van der Waals surface area (Å²) < 4.78 is 12.5. The maximum atomic E-state index is 13.6. The molecule has 6 rings (SSSR count). The number of carboxylic acid groups (broad SMARTS) is 1. The van der Waals surface area contributed by atoms with E-state index in [2.05, 4.69) is 76.9 Å². The molecule has 1 aliphatic heterocycles. The SMILES string of the molecule is CCCCc1ccc(-c2ccc(C(=O)NCCC(=O)N[C@@H](CCCCN)C(=O)N[C@H](C(=O)N[C@@H](N)C(=O)N[C@@H](CCC(=O)O)C(=O)N[C@@H](N)B3OC4C[C@@H]5C[C@@H](C5(C)C)[C@]4(C)O3)[C@@H](C)O)cc2)cc1. The van der Waals surface area contributed by atoms with Crippen molar-refractivity contribution in [2.24, 2.45) is 34.5 Å². The van der Waals surface area contributed by atoms with E-state index in [1.807, 2.05) is 19.1 Å². The molecular formula is C48H72BN9O11. The predicted octanol–water partition coefficient (Wildman–Crippen LogP) is 0.715. The highest BCUT2D eigenvalue weighted by Gasteiger charge is 2.68. The van der Waals surface area contributed by atoms with Crippen LogP contribution in [0, 0.1) is 17.3 Å². The molecule has 69 heavy (non-hydrogen) atoms. The van der Waals surface area contributed by atoms with E-state index in [1.54, 1.807) is 12.1 Å². The van der Waals surface area contributed by atoms with Crippen LogP contribution in [0.25, 0.3) is 11.1 Å². The lowest BCUT2D eigenvalue weighted by molar-refractivity contribution is -0.199. The van der Waals surface area contributed by atoms with Gasteiger partial charge >= 0.3 is 13.1 Å². The zero-order chi connectivity index (χ0) is 50.6. The Kier molecular flexibility index (Phi) is 19.3. The van der Waals surface area contributed by atoms with Crippen LogP contribution in [-0.2, 0) is 44.5 Å². The molecule has 2 bridgehead atoms. The number of hydrogen-bond donors (Lipinski definition) is 11. The summed E-state index contributed by atoms with van der Waals surface area (Å²) in [5, 5.41) is 34.8. The number of aryl methyl sites for hydroxylation is 1. The van der Waals surface area contributed by atoms with Crippen molar-refractivity contribution in [3.63, 3.8) is 0 Å². The Hall–Kier alpha value is -5.45. The van der Waals surface area contributed by atoms with E-state index in [0.29, 0.717) is 30.9 Å². The molecule has 1 unspecified atom stereocenters. The van der Waals surface area contributed by atoms with Gasteiger partial charge in [-0.05, 0) is 118 Å². The molecule has 0 aromatic heterocycles. The van der Waals surface area contributed by atoms with Gasteiger partial charge < -0.3 is 68.6 Å². The monoisotopic (exact) mass is 962 g/mol. The third-order valence-electron chi connectivity index (χ3n) is 14.0. The van der Waals surface area contributed by atoms with Crippen LogP contribution in [0.5, 0.6) is 0 Å². The molecule has 21 heteroatoms. The highest BCUT2D eigenvalue weighted by molar-refractivity contribution is 6.47. The third kappa shape index (κ3) is 14.1. The summed E-state index contributed by atoms with van der Waals surface area (Å²) in [6.45, 7) is 10.0. The first-order valence-corrected chi connectivity index (χ1v) is 24.1. The van der Waals surface area contributed by atoms with Crippen LogP contribution in [0.4, 0.5) is 0 Å². The second-order valence-electron chi connectivity index (χ2n) is 19.4. The fraction of sp³-hybridized carbons (Fsp3) is 0.604. The number of carboxylic acids is 1. The summed E-state index contributed by atoms with van der Waals surface area (Å²) in [4.78, 5) is 91.3. The number of nitrogens with one attached hydrogen (secondary N) is 6. The summed E-state index contributed by atoms with van der Waals surface area (Å²) >= 11 is 0. The number of carbonyl (C=O) groups excluding carboxylic acids is 6. The van der Waals surface area contributed by atoms with Gasteiger partial charge in [-0.1, -0.05) is 63.6 Å². The first-order valence-electron chi connectivity index (χ1n) is 24.1. The van der Waals surface area contributed by atoms with Gasteiger partial charge in [0.15, 0.2) is 6.17 Å². The van der Waals surface area contributed by atoms with Crippen molar-refractivity contribution in [2.75, 3.05) is 13.1 Å². The van der Waals surface area contributed by atoms with Crippen LogP contribution < -0.4 is 49.1 Å². The number of benzene rings is 2. The summed E-state index contributed by atoms with van der Waals surface area (Å²) in [7, 11) is -1.01. The van der Waals surface area contributed by atoms with Crippen molar-refractivity contribution in [2.45, 2.75) is 153 Å². The summed E-state index contributed by atoms with van der Waals surface area (Å²) in [6, 6.07) is 9.93. The number of unbranched alkanes of at least 4 members (excludes halogenated alkanes) is 2. The minimum Gasteiger partial charge on any atom is -0.481 e. The van der Waals surface area contributed by atoms with Crippen LogP contribution in [-0.4, -0.2) is 120 Å². The molecular weight excluding hydrogens is 889 g/mol. The molecule has 10 atom stereocenters. The van der Waals surface area contributed by atoms with E-state index in [9.17, 15) is 43.8 Å². The molecule has 2 aromatic carbocycles. The fourth-order valence-electron chi connectivity index (χ4n) is 9.63. The molecule has 2 aromatic rings. The number of aliphatic carboxylic acids is 1. The second-order valence-corrected chi connectivity index (χ2v) is 19.4. The van der Waals surface area contributed by atoms with Crippen LogP contribution in [0.1, 0.15) is 115 Å². The lowest BCUT2D eigenvalue weighted by Crippen LogP contribution is -2.65. The van der Waals surface area contributed by atoms with Gasteiger partial charge in [-0.3, -0.25) is 33.6 Å². The number of hydrogen-bond acceptors (Lipinski definition) is 13. The predicted molar refractivity (Wildman–Crippen MR) is 257 cm³/mol. The Bertz CT molecular complexity index is 2130. The molecule has 1 saturated heterocycles. The Morgan fingerprint density at radius 3 is 2.03 bits per heavy atom. The van der Waals surface area contributed by atoms with Gasteiger partial charge in [-0.2, -0.15) is 0 Å². The fourth-order valence-corrected chi connectivity index (χ4v) is 9.63. The van der Waals surface area contributed by atoms with Gasteiger partial charge in [0, 0.05) is 24.9 Å². The largest absolute Gasteiger partial charge is 0.497 e. The number of rotatable bonds is 26. The lowest BCUT2D eigenvalue weighted by Gasteiger charge is -2.64. The molecule has 1 heterocycles. The first kappa shape index (κ1) is 54.5. The average Bonchev–Trinajstić information content (AvgIpc) is 3.68. The molecule has 378 valence electrons. The molecule has 20 nitrogen and oxygen atoms in total. The number of amides is 6. The number of carbonyl (C=O) groups is 7. The first-order chi connectivity index (χ1) is 32.7. The van der Waals surface area contributed by atoms with Gasteiger partial charge in [0.2, 0.25) is 23.6 Å². The maximum Gasteiger partial charge on any atom is 0.497 e.